The minimum Gasteiger partial charge on any atom is -0.382 e. The molecule has 0 aromatic heterocycles. The Hall–Kier alpha value is -2.13. The molecule has 1 aliphatic rings. The molecular formula is C14H18N4O2. The highest BCUT2D eigenvalue weighted by Crippen LogP contribution is 2.27. The summed E-state index contributed by atoms with van der Waals surface area (Å²) < 4.78 is 0. The van der Waals surface area contributed by atoms with Crippen LogP contribution in [-0.4, -0.2) is 36.0 Å². The Morgan fingerprint density at radius 3 is 2.75 bits per heavy atom. The van der Waals surface area contributed by atoms with Gasteiger partial charge in [-0.2, -0.15) is 5.26 Å². The molecule has 106 valence electrons. The fourth-order valence-electron chi connectivity index (χ4n) is 2.67. The maximum atomic E-state index is 10.8. The van der Waals surface area contributed by atoms with E-state index >= 15 is 0 Å². The topological polar surface area (TPSA) is 82.2 Å². The maximum Gasteiger partial charge on any atom is 0.287 e. The van der Waals surface area contributed by atoms with E-state index in [0.29, 0.717) is 12.1 Å². The largest absolute Gasteiger partial charge is 0.382 e. The van der Waals surface area contributed by atoms with Crippen LogP contribution in [-0.2, 0) is 0 Å². The molecule has 0 heterocycles. The van der Waals surface area contributed by atoms with E-state index in [9.17, 15) is 10.1 Å². The van der Waals surface area contributed by atoms with Crippen molar-refractivity contribution in [2.75, 3.05) is 19.4 Å². The lowest BCUT2D eigenvalue weighted by molar-refractivity contribution is -0.385. The van der Waals surface area contributed by atoms with Crippen molar-refractivity contribution in [3.63, 3.8) is 0 Å². The van der Waals surface area contributed by atoms with Gasteiger partial charge in [-0.15, -0.1) is 0 Å². The quantitative estimate of drug-likeness (QED) is 0.673. The van der Waals surface area contributed by atoms with E-state index in [2.05, 4.69) is 24.3 Å². The van der Waals surface area contributed by atoms with Gasteiger partial charge in [0.15, 0.2) is 0 Å². The van der Waals surface area contributed by atoms with Crippen LogP contribution in [0.25, 0.3) is 0 Å². The molecule has 1 aliphatic carbocycles. The lowest BCUT2D eigenvalue weighted by Crippen LogP contribution is -2.26. The molecular weight excluding hydrogens is 256 g/mol. The highest BCUT2D eigenvalue weighted by molar-refractivity contribution is 5.59. The number of nitriles is 1. The molecule has 1 aromatic rings. The number of nitrogens with one attached hydrogen (secondary N) is 1. The number of rotatable bonds is 4. The first kappa shape index (κ1) is 14.3. The average Bonchev–Trinajstić information content (AvgIpc) is 2.87. The third-order valence-electron chi connectivity index (χ3n) is 3.82. The van der Waals surface area contributed by atoms with Crippen molar-refractivity contribution >= 4 is 11.4 Å². The number of nitrogens with zero attached hydrogens (tertiary/aromatic N) is 3. The summed E-state index contributed by atoms with van der Waals surface area (Å²) in [6.07, 6.45) is 3.26. The number of hydrogen-bond donors (Lipinski definition) is 1. The molecule has 0 aliphatic heterocycles. The van der Waals surface area contributed by atoms with Crippen LogP contribution in [0, 0.1) is 21.4 Å². The number of nitro benzene ring substituents is 1. The molecule has 0 bridgehead atoms. The van der Waals surface area contributed by atoms with Crippen LogP contribution in [0.1, 0.15) is 24.8 Å². The van der Waals surface area contributed by atoms with Gasteiger partial charge in [0.25, 0.3) is 5.69 Å². The highest BCUT2D eigenvalue weighted by Gasteiger charge is 2.26. The monoisotopic (exact) mass is 274 g/mol. The number of hydrogen-bond acceptors (Lipinski definition) is 5. The third kappa shape index (κ3) is 3.06. The van der Waals surface area contributed by atoms with Crippen molar-refractivity contribution in [3.05, 3.63) is 33.9 Å². The summed E-state index contributed by atoms with van der Waals surface area (Å²) in [5.41, 5.74) is 0.731. The molecule has 6 heteroatoms. The molecule has 6 nitrogen and oxygen atoms in total. The highest BCUT2D eigenvalue weighted by atomic mass is 16.6. The molecule has 20 heavy (non-hydrogen) atoms. The van der Waals surface area contributed by atoms with E-state index in [0.717, 1.165) is 24.9 Å². The number of benzene rings is 1. The fraction of sp³-hybridized carbons (Fsp3) is 0.500. The predicted octanol–water partition coefficient (Wildman–Crippen LogP) is 2.36. The molecule has 1 aromatic carbocycles. The lowest BCUT2D eigenvalue weighted by atomic mass is 10.1. The van der Waals surface area contributed by atoms with Gasteiger partial charge in [0.2, 0.25) is 0 Å². The molecule has 0 unspecified atom stereocenters. The summed E-state index contributed by atoms with van der Waals surface area (Å²) in [5, 5.41) is 23.1. The van der Waals surface area contributed by atoms with Crippen molar-refractivity contribution < 1.29 is 4.92 Å². The van der Waals surface area contributed by atoms with Crippen LogP contribution in [0.5, 0.6) is 0 Å². The molecule has 1 fully saturated rings. The van der Waals surface area contributed by atoms with Gasteiger partial charge in [-0.25, -0.2) is 0 Å². The molecule has 1 N–H and O–H groups in total. The predicted molar refractivity (Wildman–Crippen MR) is 76.5 cm³/mol. The third-order valence-corrected chi connectivity index (χ3v) is 3.82. The molecule has 0 radical (unpaired) electrons. The average molecular weight is 274 g/mol. The van der Waals surface area contributed by atoms with Crippen molar-refractivity contribution in [1.82, 2.24) is 4.90 Å². The zero-order chi connectivity index (χ0) is 14.7. The Balaban J connectivity index is 2.08. The molecule has 0 amide bonds. The first-order chi connectivity index (χ1) is 9.51. The van der Waals surface area contributed by atoms with E-state index < -0.39 is 4.92 Å². The van der Waals surface area contributed by atoms with E-state index in [1.807, 2.05) is 6.07 Å². The van der Waals surface area contributed by atoms with E-state index in [1.54, 1.807) is 12.1 Å². The molecule has 2 rings (SSSR count). The van der Waals surface area contributed by atoms with Gasteiger partial charge in [0, 0.05) is 23.8 Å². The minimum atomic E-state index is -0.528. The standard InChI is InChI=1S/C14H18N4O2/c1-17(2)13-5-3-12(8-13)16-11-4-6-14(18(19)20)10(7-11)9-15/h4,6-7,12-13,16H,3,5,8H2,1-2H3/t12-,13-/m0/s1. The Labute approximate surface area is 118 Å². The second-order valence-corrected chi connectivity index (χ2v) is 5.37. The summed E-state index contributed by atoms with van der Waals surface area (Å²) in [5.74, 6) is 0. The van der Waals surface area contributed by atoms with Crippen LogP contribution in [0.15, 0.2) is 18.2 Å². The van der Waals surface area contributed by atoms with E-state index in [1.165, 1.54) is 6.07 Å². The molecule has 2 atom stereocenters. The Morgan fingerprint density at radius 1 is 1.45 bits per heavy atom. The van der Waals surface area contributed by atoms with E-state index in [4.69, 9.17) is 5.26 Å². The summed E-state index contributed by atoms with van der Waals surface area (Å²) in [6, 6.07) is 7.42. The van der Waals surface area contributed by atoms with Gasteiger partial charge >= 0.3 is 0 Å². The smallest absolute Gasteiger partial charge is 0.287 e. The first-order valence-corrected chi connectivity index (χ1v) is 6.62. The van der Waals surface area contributed by atoms with Crippen LogP contribution in [0.3, 0.4) is 0 Å². The number of anilines is 1. The zero-order valence-corrected chi connectivity index (χ0v) is 11.7. The first-order valence-electron chi connectivity index (χ1n) is 6.62. The molecule has 1 saturated carbocycles. The maximum absolute atomic E-state index is 10.8. The van der Waals surface area contributed by atoms with Gasteiger partial charge in [-0.1, -0.05) is 0 Å². The lowest BCUT2D eigenvalue weighted by Gasteiger charge is -2.19. The summed E-state index contributed by atoms with van der Waals surface area (Å²) >= 11 is 0. The fourth-order valence-corrected chi connectivity index (χ4v) is 2.67. The van der Waals surface area contributed by atoms with Gasteiger partial charge in [-0.05, 0) is 45.5 Å². The van der Waals surface area contributed by atoms with Crippen LogP contribution < -0.4 is 5.32 Å². The van der Waals surface area contributed by atoms with Crippen LogP contribution in [0.4, 0.5) is 11.4 Å². The van der Waals surface area contributed by atoms with Gasteiger partial charge in [-0.3, -0.25) is 10.1 Å². The van der Waals surface area contributed by atoms with Crippen molar-refractivity contribution in [3.8, 4) is 6.07 Å². The van der Waals surface area contributed by atoms with Crippen LogP contribution >= 0.6 is 0 Å². The van der Waals surface area contributed by atoms with Gasteiger partial charge in [0.1, 0.15) is 11.6 Å². The van der Waals surface area contributed by atoms with Crippen molar-refractivity contribution in [1.29, 1.82) is 5.26 Å². The SMILES string of the molecule is CN(C)[C@H]1CC[C@H](Nc2ccc([N+](=O)[O-])c(C#N)c2)C1. The number of nitro groups is 1. The normalized spacial score (nSPS) is 21.7. The van der Waals surface area contributed by atoms with E-state index in [-0.39, 0.29) is 11.3 Å². The Kier molecular flexibility index (Phi) is 4.20. The Morgan fingerprint density at radius 2 is 2.20 bits per heavy atom. The summed E-state index contributed by atoms with van der Waals surface area (Å²) in [4.78, 5) is 12.5. The zero-order valence-electron chi connectivity index (χ0n) is 11.7. The van der Waals surface area contributed by atoms with Crippen LogP contribution in [0.2, 0.25) is 0 Å². The molecule has 0 spiro atoms. The van der Waals surface area contributed by atoms with Crippen molar-refractivity contribution in [2.24, 2.45) is 0 Å². The van der Waals surface area contributed by atoms with Crippen molar-refractivity contribution in [2.45, 2.75) is 31.3 Å². The minimum absolute atomic E-state index is 0.0992. The second-order valence-electron chi connectivity index (χ2n) is 5.37. The molecule has 0 saturated heterocycles. The Bertz CT molecular complexity index is 551. The summed E-state index contributed by atoms with van der Waals surface area (Å²) in [7, 11) is 4.15. The second kappa shape index (κ2) is 5.88. The van der Waals surface area contributed by atoms with Gasteiger partial charge < -0.3 is 10.2 Å². The van der Waals surface area contributed by atoms with Gasteiger partial charge in [0.05, 0.1) is 4.92 Å². The summed E-state index contributed by atoms with van der Waals surface area (Å²) in [6.45, 7) is 0.